The van der Waals surface area contributed by atoms with Gasteiger partial charge in [-0.25, -0.2) is 0 Å². The molecular formula is C16H12O5. The molecule has 2 N–H and O–H groups in total. The predicted molar refractivity (Wildman–Crippen MR) is 77.8 cm³/mol. The monoisotopic (exact) mass is 284 g/mol. The van der Waals surface area contributed by atoms with Crippen LogP contribution in [0.4, 0.5) is 0 Å². The quantitative estimate of drug-likeness (QED) is 0.756. The maximum absolute atomic E-state index is 12.6. The molecule has 0 aliphatic heterocycles. The van der Waals surface area contributed by atoms with Gasteiger partial charge in [0.1, 0.15) is 16.7 Å². The molecule has 0 fully saturated rings. The van der Waals surface area contributed by atoms with Crippen LogP contribution in [-0.4, -0.2) is 17.3 Å². The summed E-state index contributed by atoms with van der Waals surface area (Å²) in [6.45, 7) is 0. The van der Waals surface area contributed by atoms with E-state index in [1.54, 1.807) is 30.3 Å². The smallest absolute Gasteiger partial charge is 0.294 e. The molecule has 0 saturated heterocycles. The molecular weight excluding hydrogens is 272 g/mol. The predicted octanol–water partition coefficient (Wildman–Crippen LogP) is 2.88. The Morgan fingerprint density at radius 3 is 2.43 bits per heavy atom. The van der Waals surface area contributed by atoms with Crippen molar-refractivity contribution in [1.82, 2.24) is 0 Å². The highest BCUT2D eigenvalue weighted by molar-refractivity contribution is 5.92. The molecule has 0 aliphatic carbocycles. The van der Waals surface area contributed by atoms with Crippen molar-refractivity contribution in [3.8, 4) is 28.6 Å². The van der Waals surface area contributed by atoms with Gasteiger partial charge in [-0.1, -0.05) is 30.3 Å². The Kier molecular flexibility index (Phi) is 3.02. The fraction of sp³-hybridized carbons (Fsp3) is 0.0625. The van der Waals surface area contributed by atoms with Crippen molar-refractivity contribution in [3.05, 3.63) is 52.7 Å². The Morgan fingerprint density at radius 1 is 1.05 bits per heavy atom. The van der Waals surface area contributed by atoms with Gasteiger partial charge < -0.3 is 19.4 Å². The molecule has 1 aromatic heterocycles. The van der Waals surface area contributed by atoms with Gasteiger partial charge in [0.15, 0.2) is 11.3 Å². The molecule has 5 heteroatoms. The first-order chi connectivity index (χ1) is 10.1. The van der Waals surface area contributed by atoms with Crippen molar-refractivity contribution < 1.29 is 19.4 Å². The second-order valence-electron chi connectivity index (χ2n) is 4.47. The molecule has 3 rings (SSSR count). The van der Waals surface area contributed by atoms with E-state index in [0.717, 1.165) is 0 Å². The standard InChI is InChI=1S/C16H12O5/c1-20-11-8-7-10(17)13-14(18)12(16(19)21-15(11)13)9-5-3-2-4-6-9/h2-8,17,19H,1H3. The number of phenols is 1. The SMILES string of the molecule is COc1ccc(O)c2c(=O)c(-c3ccccc3)c(O)oc12. The molecule has 5 nitrogen and oxygen atoms in total. The number of benzene rings is 2. The average Bonchev–Trinajstić information content (AvgIpc) is 2.48. The molecule has 0 unspecified atom stereocenters. The topological polar surface area (TPSA) is 79.9 Å². The molecule has 0 aliphatic rings. The minimum absolute atomic E-state index is 0.00616. The van der Waals surface area contributed by atoms with Crippen molar-refractivity contribution in [2.24, 2.45) is 0 Å². The first-order valence-corrected chi connectivity index (χ1v) is 6.24. The van der Waals surface area contributed by atoms with Crippen LogP contribution in [-0.2, 0) is 0 Å². The molecule has 0 amide bonds. The molecule has 1 heterocycles. The zero-order chi connectivity index (χ0) is 15.0. The van der Waals surface area contributed by atoms with Gasteiger partial charge in [0.25, 0.3) is 5.95 Å². The lowest BCUT2D eigenvalue weighted by Gasteiger charge is -2.09. The lowest BCUT2D eigenvalue weighted by molar-refractivity contribution is 0.333. The lowest BCUT2D eigenvalue weighted by Crippen LogP contribution is -2.06. The summed E-state index contributed by atoms with van der Waals surface area (Å²) in [4.78, 5) is 12.6. The van der Waals surface area contributed by atoms with Crippen LogP contribution >= 0.6 is 0 Å². The third-order valence-electron chi connectivity index (χ3n) is 3.25. The van der Waals surface area contributed by atoms with Crippen LogP contribution in [0.25, 0.3) is 22.1 Å². The third kappa shape index (κ3) is 1.99. The molecule has 2 aromatic carbocycles. The van der Waals surface area contributed by atoms with Gasteiger partial charge in [-0.15, -0.1) is 0 Å². The highest BCUT2D eigenvalue weighted by Gasteiger charge is 2.20. The van der Waals surface area contributed by atoms with Gasteiger partial charge in [-0.05, 0) is 17.7 Å². The molecule has 0 bridgehead atoms. The molecule has 106 valence electrons. The Labute approximate surface area is 119 Å². The summed E-state index contributed by atoms with van der Waals surface area (Å²) in [5, 5.41) is 20.0. The maximum Gasteiger partial charge on any atom is 0.294 e. The van der Waals surface area contributed by atoms with E-state index in [-0.39, 0.29) is 28.0 Å². The van der Waals surface area contributed by atoms with E-state index in [0.29, 0.717) is 5.56 Å². The van der Waals surface area contributed by atoms with Gasteiger partial charge in [-0.3, -0.25) is 4.79 Å². The zero-order valence-electron chi connectivity index (χ0n) is 11.2. The van der Waals surface area contributed by atoms with E-state index in [1.807, 2.05) is 0 Å². The second kappa shape index (κ2) is 4.86. The first-order valence-electron chi connectivity index (χ1n) is 6.24. The highest BCUT2D eigenvalue weighted by Crippen LogP contribution is 2.36. The summed E-state index contributed by atoms with van der Waals surface area (Å²) >= 11 is 0. The minimum atomic E-state index is -0.517. The van der Waals surface area contributed by atoms with Gasteiger partial charge in [0.2, 0.25) is 5.43 Å². The Morgan fingerprint density at radius 2 is 1.76 bits per heavy atom. The van der Waals surface area contributed by atoms with Gasteiger partial charge in [-0.2, -0.15) is 0 Å². The summed E-state index contributed by atoms with van der Waals surface area (Å²) < 4.78 is 10.4. The third-order valence-corrected chi connectivity index (χ3v) is 3.25. The second-order valence-corrected chi connectivity index (χ2v) is 4.47. The van der Waals surface area contributed by atoms with Gasteiger partial charge in [0.05, 0.1) is 7.11 Å². The van der Waals surface area contributed by atoms with E-state index in [2.05, 4.69) is 0 Å². The van der Waals surface area contributed by atoms with Crippen LogP contribution in [0.1, 0.15) is 0 Å². The number of ether oxygens (including phenoxy) is 1. The molecule has 0 saturated carbocycles. The van der Waals surface area contributed by atoms with Crippen LogP contribution in [0.5, 0.6) is 17.4 Å². The largest absolute Gasteiger partial charge is 0.507 e. The van der Waals surface area contributed by atoms with Crippen LogP contribution < -0.4 is 10.2 Å². The fourth-order valence-electron chi connectivity index (χ4n) is 2.26. The van der Waals surface area contributed by atoms with Crippen LogP contribution in [0.3, 0.4) is 0 Å². The van der Waals surface area contributed by atoms with Gasteiger partial charge >= 0.3 is 0 Å². The number of rotatable bonds is 2. The maximum atomic E-state index is 12.6. The first kappa shape index (κ1) is 13.1. The Bertz CT molecular complexity index is 865. The van der Waals surface area contributed by atoms with E-state index in [9.17, 15) is 15.0 Å². The summed E-state index contributed by atoms with van der Waals surface area (Å²) in [6, 6.07) is 11.4. The van der Waals surface area contributed by atoms with Crippen molar-refractivity contribution in [2.45, 2.75) is 0 Å². The van der Waals surface area contributed by atoms with E-state index in [4.69, 9.17) is 9.15 Å². The van der Waals surface area contributed by atoms with Crippen LogP contribution in [0.2, 0.25) is 0 Å². The number of phenolic OH excluding ortho intramolecular Hbond substituents is 1. The van der Waals surface area contributed by atoms with E-state index in [1.165, 1.54) is 19.2 Å². The summed E-state index contributed by atoms with van der Waals surface area (Å²) in [5.41, 5.74) is 0.00977. The Hall–Kier alpha value is -2.95. The Balaban J connectivity index is 2.45. The van der Waals surface area contributed by atoms with E-state index < -0.39 is 11.4 Å². The van der Waals surface area contributed by atoms with Crippen molar-refractivity contribution in [2.75, 3.05) is 7.11 Å². The van der Waals surface area contributed by atoms with Crippen LogP contribution in [0.15, 0.2) is 51.7 Å². The van der Waals surface area contributed by atoms with Crippen molar-refractivity contribution >= 4 is 11.0 Å². The number of methoxy groups -OCH3 is 1. The number of fused-ring (bicyclic) bond motifs is 1. The average molecular weight is 284 g/mol. The summed E-state index contributed by atoms with van der Waals surface area (Å²) in [6.07, 6.45) is 0. The number of aromatic hydroxyl groups is 2. The lowest BCUT2D eigenvalue weighted by atomic mass is 10.0. The minimum Gasteiger partial charge on any atom is -0.507 e. The van der Waals surface area contributed by atoms with Crippen LogP contribution in [0, 0.1) is 0 Å². The molecule has 0 radical (unpaired) electrons. The normalized spacial score (nSPS) is 10.7. The van der Waals surface area contributed by atoms with Gasteiger partial charge in [0, 0.05) is 0 Å². The van der Waals surface area contributed by atoms with E-state index >= 15 is 0 Å². The number of hydrogen-bond donors (Lipinski definition) is 2. The van der Waals surface area contributed by atoms with Crippen molar-refractivity contribution in [3.63, 3.8) is 0 Å². The zero-order valence-corrected chi connectivity index (χ0v) is 11.2. The summed E-state index contributed by atoms with van der Waals surface area (Å²) in [7, 11) is 1.41. The van der Waals surface area contributed by atoms with Crippen molar-refractivity contribution in [1.29, 1.82) is 0 Å². The molecule has 21 heavy (non-hydrogen) atoms. The fourth-order valence-corrected chi connectivity index (χ4v) is 2.26. The molecule has 0 spiro atoms. The highest BCUT2D eigenvalue weighted by atomic mass is 16.5. The number of hydrogen-bond acceptors (Lipinski definition) is 5. The summed E-state index contributed by atoms with van der Waals surface area (Å²) in [5.74, 6) is -0.478. The molecule has 3 aromatic rings. The molecule has 0 atom stereocenters.